The van der Waals surface area contributed by atoms with Crippen LogP contribution in [0.5, 0.6) is 0 Å². The number of aromatic nitrogens is 1. The number of hydrogen-bond donors (Lipinski definition) is 1. The van der Waals surface area contributed by atoms with E-state index in [4.69, 9.17) is 4.98 Å². The van der Waals surface area contributed by atoms with E-state index >= 15 is 0 Å². The minimum Gasteiger partial charge on any atom is -0.380 e. The Morgan fingerprint density at radius 1 is 0.839 bits per heavy atom. The maximum atomic E-state index is 12.8. The highest BCUT2D eigenvalue weighted by Gasteiger charge is 2.58. The van der Waals surface area contributed by atoms with Gasteiger partial charge in [0.1, 0.15) is 20.5 Å². The van der Waals surface area contributed by atoms with Crippen LogP contribution in [0.25, 0.3) is 10.2 Å². The van der Waals surface area contributed by atoms with Crippen LogP contribution in [0.15, 0.2) is 94.7 Å². The van der Waals surface area contributed by atoms with Crippen molar-refractivity contribution in [1.82, 2.24) is 4.98 Å². The van der Waals surface area contributed by atoms with Crippen molar-refractivity contribution in [3.05, 3.63) is 89.9 Å². The number of carbonyl (C=O) groups excluding carboxylic acids is 1. The summed E-state index contributed by atoms with van der Waals surface area (Å²) in [6, 6.07) is 28.0. The molecule has 156 valence electrons. The Bertz CT molecular complexity index is 1130. The number of thiazole rings is 1. The van der Waals surface area contributed by atoms with Gasteiger partial charge in [0.05, 0.1) is 10.2 Å². The van der Waals surface area contributed by atoms with Crippen molar-refractivity contribution in [1.29, 1.82) is 0 Å². The third-order valence-corrected chi connectivity index (χ3v) is 9.85. The van der Waals surface area contributed by atoms with E-state index in [0.29, 0.717) is 17.8 Å². The second-order valence-corrected chi connectivity index (χ2v) is 11.7. The van der Waals surface area contributed by atoms with Crippen LogP contribution < -0.4 is 0 Å². The number of fused-ring (bicyclic) bond motifs is 1. The first-order valence-electron chi connectivity index (χ1n) is 10.2. The molecular formula is C25H21NO2S3. The molecule has 31 heavy (non-hydrogen) atoms. The lowest BCUT2D eigenvalue weighted by Crippen LogP contribution is -2.51. The van der Waals surface area contributed by atoms with Gasteiger partial charge in [-0.15, -0.1) is 34.9 Å². The predicted octanol–water partition coefficient (Wildman–Crippen LogP) is 6.52. The quantitative estimate of drug-likeness (QED) is 0.342. The molecule has 5 rings (SSSR count). The Morgan fingerprint density at radius 3 is 2.03 bits per heavy atom. The molecule has 1 atom stereocenters. The highest BCUT2D eigenvalue weighted by Crippen LogP contribution is 2.61. The fourth-order valence-corrected chi connectivity index (χ4v) is 8.53. The van der Waals surface area contributed by atoms with Crippen molar-refractivity contribution in [2.45, 2.75) is 38.7 Å². The number of para-hydroxylation sites is 1. The van der Waals surface area contributed by atoms with Crippen molar-refractivity contribution in [3.8, 4) is 0 Å². The molecule has 1 fully saturated rings. The van der Waals surface area contributed by atoms with Gasteiger partial charge in [0.25, 0.3) is 0 Å². The molecule has 1 aliphatic carbocycles. The lowest BCUT2D eigenvalue weighted by atomic mass is 9.83. The van der Waals surface area contributed by atoms with Crippen molar-refractivity contribution in [2.24, 2.45) is 0 Å². The fraction of sp³-hybridized carbons (Fsp3) is 0.200. The van der Waals surface area contributed by atoms with Gasteiger partial charge in [-0.05, 0) is 42.8 Å². The van der Waals surface area contributed by atoms with Gasteiger partial charge in [-0.3, -0.25) is 4.79 Å². The predicted molar refractivity (Wildman–Crippen MR) is 130 cm³/mol. The van der Waals surface area contributed by atoms with Crippen LogP contribution in [0.4, 0.5) is 0 Å². The van der Waals surface area contributed by atoms with Crippen LogP contribution in [0.3, 0.4) is 0 Å². The number of Topliss-reactive ketones (excluding diaryl/α,β-unsaturated/α-hetero) is 1. The highest BCUT2D eigenvalue weighted by molar-refractivity contribution is 8.18. The number of carbonyl (C=O) groups is 1. The summed E-state index contributed by atoms with van der Waals surface area (Å²) in [5.74, 6) is 0.178. The Kier molecular flexibility index (Phi) is 5.65. The van der Waals surface area contributed by atoms with E-state index in [9.17, 15) is 9.90 Å². The van der Waals surface area contributed by atoms with E-state index < -0.39 is 9.68 Å². The van der Waals surface area contributed by atoms with Crippen LogP contribution in [-0.4, -0.2) is 20.0 Å². The van der Waals surface area contributed by atoms with Crippen molar-refractivity contribution < 1.29 is 9.90 Å². The normalized spacial score (nSPS) is 20.7. The summed E-state index contributed by atoms with van der Waals surface area (Å²) in [5, 5.41) is 13.0. The smallest absolute Gasteiger partial charge is 0.141 e. The summed E-state index contributed by atoms with van der Waals surface area (Å²) in [6.45, 7) is 0. The van der Waals surface area contributed by atoms with Crippen molar-refractivity contribution in [2.75, 3.05) is 0 Å². The molecule has 0 amide bonds. The van der Waals surface area contributed by atoms with Gasteiger partial charge in [-0.2, -0.15) is 0 Å². The summed E-state index contributed by atoms with van der Waals surface area (Å²) in [4.78, 5) is 19.7. The largest absolute Gasteiger partial charge is 0.380 e. The molecule has 3 nitrogen and oxygen atoms in total. The maximum Gasteiger partial charge on any atom is 0.141 e. The van der Waals surface area contributed by atoms with Crippen LogP contribution in [0.1, 0.15) is 24.3 Å². The Labute approximate surface area is 193 Å². The van der Waals surface area contributed by atoms with Gasteiger partial charge < -0.3 is 5.11 Å². The zero-order chi connectivity index (χ0) is 21.3. The standard InChI is InChI=1S/C25H21NO2S3/c27-18-15-16-24(28,23-26-21-13-7-8-14-22(21)29-23)25(17-18,30-19-9-3-1-4-10-19)31-20-11-5-2-6-12-20/h1-14,28H,15-17H2. The summed E-state index contributed by atoms with van der Waals surface area (Å²) >= 11 is 4.69. The lowest BCUT2D eigenvalue weighted by Gasteiger charge is -2.47. The number of benzene rings is 3. The van der Waals surface area contributed by atoms with E-state index in [0.717, 1.165) is 20.0 Å². The zero-order valence-corrected chi connectivity index (χ0v) is 19.2. The molecule has 1 N–H and O–H groups in total. The number of hydrogen-bond acceptors (Lipinski definition) is 6. The van der Waals surface area contributed by atoms with Gasteiger partial charge in [-0.1, -0.05) is 48.5 Å². The molecule has 1 aromatic heterocycles. The average molecular weight is 464 g/mol. The molecule has 1 saturated carbocycles. The Hall–Kier alpha value is -2.12. The van der Waals surface area contributed by atoms with Crippen LogP contribution in [0.2, 0.25) is 0 Å². The van der Waals surface area contributed by atoms with Crippen LogP contribution in [0, 0.1) is 0 Å². The SMILES string of the molecule is O=C1CCC(O)(c2nc3ccccc3s2)C(Sc2ccccc2)(Sc2ccccc2)C1. The molecular weight excluding hydrogens is 442 g/mol. The molecule has 0 bridgehead atoms. The second-order valence-electron chi connectivity index (χ2n) is 7.65. The topological polar surface area (TPSA) is 50.2 Å². The van der Waals surface area contributed by atoms with Gasteiger partial charge >= 0.3 is 0 Å². The molecule has 1 heterocycles. The summed E-state index contributed by atoms with van der Waals surface area (Å²) in [7, 11) is 0. The number of aliphatic hydroxyl groups is 1. The molecule has 3 aromatic carbocycles. The average Bonchev–Trinajstić information content (AvgIpc) is 3.23. The monoisotopic (exact) mass is 463 g/mol. The van der Waals surface area contributed by atoms with Gasteiger partial charge in [0.15, 0.2) is 0 Å². The van der Waals surface area contributed by atoms with Crippen molar-refractivity contribution >= 4 is 50.9 Å². The third kappa shape index (κ3) is 3.94. The molecule has 0 radical (unpaired) electrons. The molecule has 0 aliphatic heterocycles. The van der Waals surface area contributed by atoms with Crippen molar-refractivity contribution in [3.63, 3.8) is 0 Å². The Balaban J connectivity index is 1.67. The van der Waals surface area contributed by atoms with E-state index in [-0.39, 0.29) is 12.2 Å². The summed E-state index contributed by atoms with van der Waals surface area (Å²) in [6.07, 6.45) is 1.00. The van der Waals surface area contributed by atoms with E-state index in [1.807, 2.05) is 84.9 Å². The molecule has 0 saturated heterocycles. The number of nitrogens with zero attached hydrogens (tertiary/aromatic N) is 1. The lowest BCUT2D eigenvalue weighted by molar-refractivity contribution is -0.126. The minimum atomic E-state index is -1.24. The fourth-order valence-electron chi connectivity index (χ4n) is 3.94. The number of ketones is 1. The molecule has 6 heteroatoms. The molecule has 1 aliphatic rings. The number of rotatable bonds is 5. The Morgan fingerprint density at radius 2 is 1.42 bits per heavy atom. The summed E-state index contributed by atoms with van der Waals surface area (Å²) in [5.41, 5.74) is -0.359. The molecule has 1 unspecified atom stereocenters. The second kappa shape index (κ2) is 8.43. The third-order valence-electron chi connectivity index (χ3n) is 5.53. The highest BCUT2D eigenvalue weighted by atomic mass is 32.2. The number of thioether (sulfide) groups is 2. The summed E-state index contributed by atoms with van der Waals surface area (Å²) < 4.78 is 0.227. The zero-order valence-electron chi connectivity index (χ0n) is 16.7. The molecule has 0 spiro atoms. The van der Waals surface area contributed by atoms with Crippen LogP contribution >= 0.6 is 34.9 Å². The molecule has 4 aromatic rings. The minimum absolute atomic E-state index is 0.178. The van der Waals surface area contributed by atoms with E-state index in [1.165, 1.54) is 11.3 Å². The van der Waals surface area contributed by atoms with Crippen LogP contribution in [-0.2, 0) is 10.4 Å². The van der Waals surface area contributed by atoms with Gasteiger partial charge in [0, 0.05) is 22.6 Å². The first kappa shape index (κ1) is 20.8. The van der Waals surface area contributed by atoms with E-state index in [1.54, 1.807) is 23.5 Å². The maximum absolute atomic E-state index is 12.8. The first-order chi connectivity index (χ1) is 15.1. The van der Waals surface area contributed by atoms with Gasteiger partial charge in [-0.25, -0.2) is 4.98 Å². The van der Waals surface area contributed by atoms with Gasteiger partial charge in [0.2, 0.25) is 0 Å². The van der Waals surface area contributed by atoms with E-state index in [2.05, 4.69) is 0 Å². The first-order valence-corrected chi connectivity index (χ1v) is 12.6.